The van der Waals surface area contributed by atoms with Crippen LogP contribution in [-0.4, -0.2) is 35.2 Å². The standard InChI is InChI=1S/C25H23NO4/c1-30-25(29)26(18(16-23(27)28)15-17-9-3-2-4-10-17)24-21-13-7-5-11-19(21)20-12-6-8-14-22(20)24/h2-14,18,24H,15-16H2,1H3,(H,27,28)/t18-/m1/s1. The summed E-state index contributed by atoms with van der Waals surface area (Å²) in [5.41, 5.74) is 5.04. The van der Waals surface area contributed by atoms with Crippen LogP contribution in [-0.2, 0) is 16.0 Å². The van der Waals surface area contributed by atoms with E-state index in [9.17, 15) is 14.7 Å². The summed E-state index contributed by atoms with van der Waals surface area (Å²) in [6.07, 6.45) is -0.290. The first-order valence-electron chi connectivity index (χ1n) is 9.90. The molecule has 152 valence electrons. The molecule has 0 unspecified atom stereocenters. The van der Waals surface area contributed by atoms with Gasteiger partial charge in [-0.3, -0.25) is 9.69 Å². The molecule has 0 saturated heterocycles. The summed E-state index contributed by atoms with van der Waals surface area (Å²) in [5.74, 6) is -0.954. The van der Waals surface area contributed by atoms with Gasteiger partial charge in [-0.2, -0.15) is 0 Å². The Labute approximate surface area is 175 Å². The van der Waals surface area contributed by atoms with Gasteiger partial charge in [0.1, 0.15) is 0 Å². The molecule has 5 heteroatoms. The number of ether oxygens (including phenoxy) is 1. The fourth-order valence-corrected chi connectivity index (χ4v) is 4.36. The van der Waals surface area contributed by atoms with Crippen LogP contribution in [0.2, 0.25) is 0 Å². The van der Waals surface area contributed by atoms with Gasteiger partial charge in [-0.15, -0.1) is 0 Å². The average Bonchev–Trinajstić information content (AvgIpc) is 3.09. The van der Waals surface area contributed by atoms with Crippen LogP contribution in [0.5, 0.6) is 0 Å². The molecule has 4 rings (SSSR count). The fourth-order valence-electron chi connectivity index (χ4n) is 4.36. The molecular formula is C25H23NO4. The molecule has 0 aromatic heterocycles. The van der Waals surface area contributed by atoms with Crippen molar-refractivity contribution >= 4 is 12.1 Å². The van der Waals surface area contributed by atoms with Gasteiger partial charge in [-0.1, -0.05) is 78.9 Å². The smallest absolute Gasteiger partial charge is 0.410 e. The monoisotopic (exact) mass is 401 g/mol. The molecule has 30 heavy (non-hydrogen) atoms. The minimum Gasteiger partial charge on any atom is -0.481 e. The average molecular weight is 401 g/mol. The molecule has 0 bridgehead atoms. The van der Waals surface area contributed by atoms with Crippen LogP contribution in [0.1, 0.15) is 29.2 Å². The first-order chi connectivity index (χ1) is 14.6. The molecule has 1 amide bonds. The zero-order chi connectivity index (χ0) is 21.1. The highest BCUT2D eigenvalue weighted by Crippen LogP contribution is 2.47. The van der Waals surface area contributed by atoms with Crippen LogP contribution in [0.25, 0.3) is 11.1 Å². The number of methoxy groups -OCH3 is 1. The summed E-state index contributed by atoms with van der Waals surface area (Å²) < 4.78 is 5.15. The van der Waals surface area contributed by atoms with E-state index in [0.717, 1.165) is 27.8 Å². The second-order valence-corrected chi connectivity index (χ2v) is 7.40. The van der Waals surface area contributed by atoms with Crippen molar-refractivity contribution in [2.24, 2.45) is 0 Å². The summed E-state index contributed by atoms with van der Waals surface area (Å²) in [7, 11) is 1.34. The van der Waals surface area contributed by atoms with E-state index in [0.29, 0.717) is 6.42 Å². The van der Waals surface area contributed by atoms with Crippen LogP contribution in [0.4, 0.5) is 4.79 Å². The largest absolute Gasteiger partial charge is 0.481 e. The van der Waals surface area contributed by atoms with E-state index in [1.165, 1.54) is 7.11 Å². The third-order valence-electron chi connectivity index (χ3n) is 5.58. The Morgan fingerprint density at radius 2 is 1.43 bits per heavy atom. The van der Waals surface area contributed by atoms with Crippen LogP contribution < -0.4 is 0 Å². The van der Waals surface area contributed by atoms with Gasteiger partial charge in [0.2, 0.25) is 0 Å². The number of carboxylic acid groups (broad SMARTS) is 1. The number of carbonyl (C=O) groups is 2. The lowest BCUT2D eigenvalue weighted by Crippen LogP contribution is -2.45. The molecule has 0 fully saturated rings. The summed E-state index contributed by atoms with van der Waals surface area (Å²) in [6, 6.07) is 24.5. The molecule has 0 spiro atoms. The number of fused-ring (bicyclic) bond motifs is 3. The molecule has 1 N–H and O–H groups in total. The Kier molecular flexibility index (Phi) is 5.53. The maximum absolute atomic E-state index is 13.0. The third kappa shape index (κ3) is 3.66. The maximum Gasteiger partial charge on any atom is 0.410 e. The van der Waals surface area contributed by atoms with Crippen molar-refractivity contribution in [1.29, 1.82) is 0 Å². The van der Waals surface area contributed by atoms with Crippen LogP contribution in [0, 0.1) is 0 Å². The number of amides is 1. The number of rotatable bonds is 6. The quantitative estimate of drug-likeness (QED) is 0.637. The van der Waals surface area contributed by atoms with Crippen molar-refractivity contribution in [1.82, 2.24) is 4.90 Å². The number of benzene rings is 3. The fraction of sp³-hybridized carbons (Fsp3) is 0.200. The lowest BCUT2D eigenvalue weighted by molar-refractivity contribution is -0.138. The molecule has 3 aromatic carbocycles. The molecule has 0 saturated carbocycles. The zero-order valence-corrected chi connectivity index (χ0v) is 16.7. The lowest BCUT2D eigenvalue weighted by atomic mass is 9.96. The minimum atomic E-state index is -0.954. The zero-order valence-electron chi connectivity index (χ0n) is 16.7. The lowest BCUT2D eigenvalue weighted by Gasteiger charge is -2.36. The van der Waals surface area contributed by atoms with Crippen LogP contribution in [0.15, 0.2) is 78.9 Å². The van der Waals surface area contributed by atoms with Gasteiger partial charge in [0.15, 0.2) is 0 Å². The summed E-state index contributed by atoms with van der Waals surface area (Å²) in [6.45, 7) is 0. The van der Waals surface area contributed by atoms with Gasteiger partial charge in [0, 0.05) is 0 Å². The van der Waals surface area contributed by atoms with Crippen molar-refractivity contribution in [3.63, 3.8) is 0 Å². The number of carbonyl (C=O) groups excluding carboxylic acids is 1. The predicted octanol–water partition coefficient (Wildman–Crippen LogP) is 4.91. The highest BCUT2D eigenvalue weighted by molar-refractivity contribution is 5.81. The number of hydrogen-bond acceptors (Lipinski definition) is 3. The Hall–Kier alpha value is -3.60. The summed E-state index contributed by atoms with van der Waals surface area (Å²) in [5, 5.41) is 9.62. The van der Waals surface area contributed by atoms with Crippen molar-refractivity contribution in [3.8, 4) is 11.1 Å². The molecule has 0 aliphatic heterocycles. The van der Waals surface area contributed by atoms with Gasteiger partial charge in [0.25, 0.3) is 0 Å². The first kappa shape index (κ1) is 19.7. The van der Waals surface area contributed by atoms with E-state index in [2.05, 4.69) is 0 Å². The molecule has 3 aromatic rings. The van der Waals surface area contributed by atoms with Crippen molar-refractivity contribution in [2.75, 3.05) is 7.11 Å². The van der Waals surface area contributed by atoms with Gasteiger partial charge in [-0.05, 0) is 34.2 Å². The molecule has 5 nitrogen and oxygen atoms in total. The summed E-state index contributed by atoms with van der Waals surface area (Å²) in [4.78, 5) is 26.4. The number of aliphatic carboxylic acids is 1. The highest BCUT2D eigenvalue weighted by Gasteiger charge is 2.40. The van der Waals surface area contributed by atoms with E-state index in [-0.39, 0.29) is 6.42 Å². The Bertz CT molecular complexity index is 1020. The minimum absolute atomic E-state index is 0.176. The Morgan fingerprint density at radius 3 is 1.97 bits per heavy atom. The second-order valence-electron chi connectivity index (χ2n) is 7.40. The normalized spacial score (nSPS) is 13.2. The topological polar surface area (TPSA) is 66.8 Å². The van der Waals surface area contributed by atoms with Crippen LogP contribution >= 0.6 is 0 Å². The number of carboxylic acids is 1. The number of nitrogens with zero attached hydrogens (tertiary/aromatic N) is 1. The SMILES string of the molecule is COC(=O)N(C1c2ccccc2-c2ccccc21)[C@@H](CC(=O)O)Cc1ccccc1. The predicted molar refractivity (Wildman–Crippen MR) is 114 cm³/mol. The van der Waals surface area contributed by atoms with Gasteiger partial charge >= 0.3 is 12.1 Å². The Balaban J connectivity index is 1.83. The molecule has 1 aliphatic rings. The first-order valence-corrected chi connectivity index (χ1v) is 9.90. The molecule has 0 heterocycles. The van der Waals surface area contributed by atoms with Gasteiger partial charge < -0.3 is 9.84 Å². The third-order valence-corrected chi connectivity index (χ3v) is 5.58. The molecule has 1 aliphatic carbocycles. The molecule has 0 radical (unpaired) electrons. The number of hydrogen-bond donors (Lipinski definition) is 1. The second kappa shape index (κ2) is 8.41. The van der Waals surface area contributed by atoms with E-state index >= 15 is 0 Å². The van der Waals surface area contributed by atoms with E-state index < -0.39 is 24.1 Å². The maximum atomic E-state index is 13.0. The van der Waals surface area contributed by atoms with Crippen molar-refractivity contribution in [2.45, 2.75) is 24.9 Å². The van der Waals surface area contributed by atoms with Gasteiger partial charge in [0.05, 0.1) is 25.6 Å². The Morgan fingerprint density at radius 1 is 0.900 bits per heavy atom. The van der Waals surface area contributed by atoms with E-state index in [1.54, 1.807) is 4.90 Å². The van der Waals surface area contributed by atoms with Crippen molar-refractivity contribution in [3.05, 3.63) is 95.6 Å². The summed E-state index contributed by atoms with van der Waals surface area (Å²) >= 11 is 0. The van der Waals surface area contributed by atoms with Crippen LogP contribution in [0.3, 0.4) is 0 Å². The highest BCUT2D eigenvalue weighted by atomic mass is 16.5. The van der Waals surface area contributed by atoms with Crippen molar-refractivity contribution < 1.29 is 19.4 Å². The van der Waals surface area contributed by atoms with Gasteiger partial charge in [-0.25, -0.2) is 4.79 Å². The molecule has 1 atom stereocenters. The van der Waals surface area contributed by atoms with E-state index in [1.807, 2.05) is 78.9 Å². The van der Waals surface area contributed by atoms with E-state index in [4.69, 9.17) is 4.74 Å². The molecular weight excluding hydrogens is 378 g/mol.